The molecule has 0 unspecified atom stereocenters. The number of benzene rings is 1. The zero-order chi connectivity index (χ0) is 17.3. The third-order valence-corrected chi connectivity index (χ3v) is 2.91. The van der Waals surface area contributed by atoms with Crippen molar-refractivity contribution < 1.29 is 19.4 Å². The maximum Gasteiger partial charge on any atom is 0.410 e. The quantitative estimate of drug-likeness (QED) is 0.830. The van der Waals surface area contributed by atoms with Crippen LogP contribution in [0.1, 0.15) is 39.2 Å². The topological polar surface area (TPSA) is 66.8 Å². The minimum Gasteiger partial charge on any atom is -0.481 e. The van der Waals surface area contributed by atoms with Crippen molar-refractivity contribution in [1.82, 2.24) is 4.90 Å². The van der Waals surface area contributed by atoms with Crippen molar-refractivity contribution in [3.05, 3.63) is 42.0 Å². The minimum absolute atomic E-state index is 0.0295. The Balaban J connectivity index is 2.64. The molecule has 0 aromatic heterocycles. The number of nitrogens with zero attached hydrogens (tertiary/aromatic N) is 1. The van der Waals surface area contributed by atoms with Gasteiger partial charge in [0.2, 0.25) is 0 Å². The predicted octanol–water partition coefficient (Wildman–Crippen LogP) is 3.80. The molecule has 1 aromatic carbocycles. The van der Waals surface area contributed by atoms with Gasteiger partial charge in [-0.3, -0.25) is 4.79 Å². The number of ether oxygens (including phenoxy) is 1. The number of carbonyl (C=O) groups is 2. The Morgan fingerprint density at radius 2 is 1.87 bits per heavy atom. The van der Waals surface area contributed by atoms with Crippen LogP contribution in [0, 0.1) is 0 Å². The Hall–Kier alpha value is -2.30. The zero-order valence-corrected chi connectivity index (χ0v) is 14.0. The molecule has 0 radical (unpaired) electrons. The number of carboxylic acid groups (broad SMARTS) is 1. The standard InChI is InChI=1S/C18H25NO4/c1-18(2,3)23-17(22)19(14-8-12-16(20)21)13-7-11-15-9-5-4-6-10-15/h4-7,9-11H,8,12-14H2,1-3H3,(H,20,21)/b11-7+. The van der Waals surface area contributed by atoms with E-state index in [-0.39, 0.29) is 6.42 Å². The number of rotatable bonds is 7. The SMILES string of the molecule is CC(C)(C)OC(=O)N(C/C=C/c1ccccc1)CCCC(=O)O. The van der Waals surface area contributed by atoms with E-state index in [9.17, 15) is 9.59 Å². The summed E-state index contributed by atoms with van der Waals surface area (Å²) in [5.41, 5.74) is 0.466. The lowest BCUT2D eigenvalue weighted by Crippen LogP contribution is -2.37. The molecule has 23 heavy (non-hydrogen) atoms. The summed E-state index contributed by atoms with van der Waals surface area (Å²) in [6.45, 7) is 6.14. The molecule has 1 N–H and O–H groups in total. The van der Waals surface area contributed by atoms with Crippen LogP contribution in [0.25, 0.3) is 6.08 Å². The van der Waals surface area contributed by atoms with Crippen molar-refractivity contribution >= 4 is 18.1 Å². The number of aliphatic carboxylic acids is 1. The highest BCUT2D eigenvalue weighted by atomic mass is 16.6. The van der Waals surface area contributed by atoms with Crippen LogP contribution in [0.4, 0.5) is 4.79 Å². The molecule has 5 nitrogen and oxygen atoms in total. The van der Waals surface area contributed by atoms with E-state index < -0.39 is 17.7 Å². The first kappa shape index (κ1) is 18.7. The van der Waals surface area contributed by atoms with Gasteiger partial charge >= 0.3 is 12.1 Å². The summed E-state index contributed by atoms with van der Waals surface area (Å²) < 4.78 is 5.37. The van der Waals surface area contributed by atoms with Crippen LogP contribution in [0.5, 0.6) is 0 Å². The van der Waals surface area contributed by atoms with Gasteiger partial charge in [-0.15, -0.1) is 0 Å². The molecule has 5 heteroatoms. The average Bonchev–Trinajstić information content (AvgIpc) is 2.44. The smallest absolute Gasteiger partial charge is 0.410 e. The lowest BCUT2D eigenvalue weighted by atomic mass is 10.2. The maximum atomic E-state index is 12.2. The van der Waals surface area contributed by atoms with Crippen LogP contribution in [0.3, 0.4) is 0 Å². The molecular weight excluding hydrogens is 294 g/mol. The van der Waals surface area contributed by atoms with Gasteiger partial charge < -0.3 is 14.7 Å². The second-order valence-electron chi connectivity index (χ2n) is 6.24. The molecule has 0 heterocycles. The predicted molar refractivity (Wildman–Crippen MR) is 90.2 cm³/mol. The highest BCUT2D eigenvalue weighted by Crippen LogP contribution is 2.11. The number of carboxylic acids is 1. The van der Waals surface area contributed by atoms with Gasteiger partial charge in [0.25, 0.3) is 0 Å². The Kier molecular flexibility index (Phi) is 7.32. The summed E-state index contributed by atoms with van der Waals surface area (Å²) in [6, 6.07) is 9.77. The van der Waals surface area contributed by atoms with Crippen LogP contribution in [0.15, 0.2) is 36.4 Å². The van der Waals surface area contributed by atoms with Gasteiger partial charge in [-0.1, -0.05) is 42.5 Å². The molecule has 1 amide bonds. The van der Waals surface area contributed by atoms with Crippen molar-refractivity contribution in [2.45, 2.75) is 39.2 Å². The third-order valence-electron chi connectivity index (χ3n) is 2.91. The molecule has 0 saturated heterocycles. The van der Waals surface area contributed by atoms with E-state index in [0.717, 1.165) is 5.56 Å². The summed E-state index contributed by atoms with van der Waals surface area (Å²) in [6.07, 6.45) is 3.80. The van der Waals surface area contributed by atoms with Gasteiger partial charge in [-0.25, -0.2) is 4.79 Å². The van der Waals surface area contributed by atoms with Crippen LogP contribution >= 0.6 is 0 Å². The first-order valence-corrected chi connectivity index (χ1v) is 7.69. The fourth-order valence-electron chi connectivity index (χ4n) is 1.88. The summed E-state index contributed by atoms with van der Waals surface area (Å²) in [4.78, 5) is 24.4. The second kappa shape index (κ2) is 8.98. The zero-order valence-electron chi connectivity index (χ0n) is 14.0. The molecule has 0 atom stereocenters. The fraction of sp³-hybridized carbons (Fsp3) is 0.444. The Morgan fingerprint density at radius 3 is 2.43 bits per heavy atom. The Morgan fingerprint density at radius 1 is 1.22 bits per heavy atom. The molecular formula is C18H25NO4. The Bertz CT molecular complexity index is 532. The second-order valence-corrected chi connectivity index (χ2v) is 6.24. The number of hydrogen-bond donors (Lipinski definition) is 1. The highest BCUT2D eigenvalue weighted by molar-refractivity contribution is 5.69. The molecule has 1 rings (SSSR count). The molecule has 0 bridgehead atoms. The molecule has 0 fully saturated rings. The fourth-order valence-corrected chi connectivity index (χ4v) is 1.88. The molecule has 126 valence electrons. The summed E-state index contributed by atoms with van der Waals surface area (Å²) in [5.74, 6) is -0.867. The van der Waals surface area contributed by atoms with Crippen LogP contribution in [0.2, 0.25) is 0 Å². The summed E-state index contributed by atoms with van der Waals surface area (Å²) >= 11 is 0. The summed E-state index contributed by atoms with van der Waals surface area (Å²) in [7, 11) is 0. The van der Waals surface area contributed by atoms with Crippen molar-refractivity contribution in [2.24, 2.45) is 0 Å². The molecule has 0 saturated carbocycles. The molecule has 0 spiro atoms. The minimum atomic E-state index is -0.867. The van der Waals surface area contributed by atoms with E-state index >= 15 is 0 Å². The van der Waals surface area contributed by atoms with Crippen molar-refractivity contribution in [1.29, 1.82) is 0 Å². The van der Waals surface area contributed by atoms with Gasteiger partial charge in [-0.2, -0.15) is 0 Å². The van der Waals surface area contributed by atoms with Gasteiger partial charge in [0, 0.05) is 19.5 Å². The normalized spacial score (nSPS) is 11.4. The van der Waals surface area contributed by atoms with Crippen LogP contribution < -0.4 is 0 Å². The van der Waals surface area contributed by atoms with Crippen LogP contribution in [-0.2, 0) is 9.53 Å². The van der Waals surface area contributed by atoms with E-state index in [4.69, 9.17) is 9.84 Å². The lowest BCUT2D eigenvalue weighted by molar-refractivity contribution is -0.137. The first-order chi connectivity index (χ1) is 10.8. The number of carbonyl (C=O) groups excluding carboxylic acids is 1. The number of amides is 1. The maximum absolute atomic E-state index is 12.2. The highest BCUT2D eigenvalue weighted by Gasteiger charge is 2.21. The van der Waals surface area contributed by atoms with Crippen molar-refractivity contribution in [3.63, 3.8) is 0 Å². The summed E-state index contributed by atoms with van der Waals surface area (Å²) in [5, 5.41) is 8.73. The first-order valence-electron chi connectivity index (χ1n) is 7.69. The van der Waals surface area contributed by atoms with E-state index in [1.165, 1.54) is 4.90 Å². The third kappa shape index (κ3) is 8.66. The largest absolute Gasteiger partial charge is 0.481 e. The van der Waals surface area contributed by atoms with Crippen LogP contribution in [-0.4, -0.2) is 40.8 Å². The van der Waals surface area contributed by atoms with Crippen molar-refractivity contribution in [2.75, 3.05) is 13.1 Å². The average molecular weight is 319 g/mol. The molecule has 0 aliphatic heterocycles. The number of hydrogen-bond acceptors (Lipinski definition) is 3. The van der Waals surface area contributed by atoms with E-state index in [0.29, 0.717) is 19.5 Å². The molecule has 1 aromatic rings. The van der Waals surface area contributed by atoms with E-state index in [1.54, 1.807) is 20.8 Å². The lowest BCUT2D eigenvalue weighted by Gasteiger charge is -2.26. The van der Waals surface area contributed by atoms with Gasteiger partial charge in [0.05, 0.1) is 0 Å². The van der Waals surface area contributed by atoms with Gasteiger partial charge in [0.15, 0.2) is 0 Å². The van der Waals surface area contributed by atoms with E-state index in [1.807, 2.05) is 42.5 Å². The molecule has 0 aliphatic carbocycles. The van der Waals surface area contributed by atoms with E-state index in [2.05, 4.69) is 0 Å². The van der Waals surface area contributed by atoms with Crippen molar-refractivity contribution in [3.8, 4) is 0 Å². The Labute approximate surface area is 137 Å². The monoisotopic (exact) mass is 319 g/mol. The van der Waals surface area contributed by atoms with Gasteiger partial charge in [0.1, 0.15) is 5.60 Å². The van der Waals surface area contributed by atoms with Gasteiger partial charge in [-0.05, 0) is 32.8 Å². The molecule has 0 aliphatic rings.